The highest BCUT2D eigenvalue weighted by atomic mass is 16.6. The van der Waals surface area contributed by atoms with Crippen molar-refractivity contribution in [3.63, 3.8) is 0 Å². The highest BCUT2D eigenvalue weighted by molar-refractivity contribution is 5.76. The summed E-state index contributed by atoms with van der Waals surface area (Å²) in [6.07, 6.45) is 5.33. The lowest BCUT2D eigenvalue weighted by atomic mass is 10.0. The number of carboxylic acids is 1. The number of unbranched alkanes of at least 4 members (excludes halogenated alkanes) is 7. The second-order valence-electron chi connectivity index (χ2n) is 6.97. The number of nitrogens with one attached hydrogen (secondary N) is 1. The maximum Gasteiger partial charge on any atom is 0.306 e. The molecule has 0 aromatic heterocycles. The number of aliphatic carboxylic acids is 1. The van der Waals surface area contributed by atoms with Crippen LogP contribution in [0.3, 0.4) is 0 Å². The van der Waals surface area contributed by atoms with E-state index in [-0.39, 0.29) is 19.3 Å². The van der Waals surface area contributed by atoms with Crippen LogP contribution in [0.1, 0.15) is 84.0 Å². The van der Waals surface area contributed by atoms with Crippen molar-refractivity contribution in [3.05, 3.63) is 0 Å². The monoisotopic (exact) mass is 393 g/mol. The number of amides is 1. The van der Waals surface area contributed by atoms with Crippen LogP contribution in [-0.4, -0.2) is 60.3 Å². The minimum absolute atomic E-state index is 0.0125. The first-order valence-electron chi connectivity index (χ1n) is 9.65. The maximum absolute atomic E-state index is 11.8. The van der Waals surface area contributed by atoms with E-state index in [1.807, 2.05) is 0 Å². The van der Waals surface area contributed by atoms with Crippen molar-refractivity contribution in [1.82, 2.24) is 5.32 Å². The van der Waals surface area contributed by atoms with Crippen LogP contribution in [0.25, 0.3) is 0 Å². The summed E-state index contributed by atoms with van der Waals surface area (Å²) in [6.45, 7) is 1.67. The van der Waals surface area contributed by atoms with Crippen molar-refractivity contribution < 1.29 is 40.2 Å². The van der Waals surface area contributed by atoms with Gasteiger partial charge in [0.05, 0.1) is 0 Å². The summed E-state index contributed by atoms with van der Waals surface area (Å²) in [5, 5.41) is 58.7. The van der Waals surface area contributed by atoms with Crippen molar-refractivity contribution in [2.45, 2.75) is 102 Å². The van der Waals surface area contributed by atoms with Gasteiger partial charge in [-0.3, -0.25) is 9.59 Å². The molecule has 0 aliphatic heterocycles. The smallest absolute Gasteiger partial charge is 0.306 e. The number of aliphatic hydroxyl groups is 5. The predicted molar refractivity (Wildman–Crippen MR) is 97.2 cm³/mol. The minimum Gasteiger partial charge on any atom is -0.481 e. The Bertz CT molecular complexity index is 439. The van der Waals surface area contributed by atoms with Crippen LogP contribution < -0.4 is 5.32 Å². The summed E-state index contributed by atoms with van der Waals surface area (Å²) in [5.74, 6) is -8.17. The van der Waals surface area contributed by atoms with Gasteiger partial charge in [-0.2, -0.15) is 0 Å². The molecule has 0 radical (unpaired) electrons. The average molecular weight is 393 g/mol. The lowest BCUT2D eigenvalue weighted by molar-refractivity contribution is -0.392. The van der Waals surface area contributed by atoms with Crippen LogP contribution in [0.5, 0.6) is 0 Å². The third-order valence-corrected chi connectivity index (χ3v) is 4.40. The zero-order valence-corrected chi connectivity index (χ0v) is 16.1. The summed E-state index contributed by atoms with van der Waals surface area (Å²) in [5.41, 5.74) is 0. The first kappa shape index (κ1) is 25.7. The third-order valence-electron chi connectivity index (χ3n) is 4.40. The summed E-state index contributed by atoms with van der Waals surface area (Å²) in [4.78, 5) is 22.1. The van der Waals surface area contributed by atoms with Gasteiger partial charge in [0.1, 0.15) is 6.10 Å². The summed E-state index contributed by atoms with van der Waals surface area (Å²) in [7, 11) is 0. The highest BCUT2D eigenvalue weighted by Gasteiger charge is 2.53. The molecule has 0 heterocycles. The van der Waals surface area contributed by atoms with E-state index in [4.69, 9.17) is 5.11 Å². The molecule has 0 aromatic carbocycles. The van der Waals surface area contributed by atoms with E-state index in [1.165, 1.54) is 0 Å². The molecule has 1 amide bonds. The van der Waals surface area contributed by atoms with Crippen LogP contribution in [-0.2, 0) is 9.59 Å². The molecule has 9 heteroatoms. The van der Waals surface area contributed by atoms with E-state index in [9.17, 15) is 35.1 Å². The molecule has 0 bridgehead atoms. The molecule has 1 unspecified atom stereocenters. The molecule has 0 saturated carbocycles. The quantitative estimate of drug-likeness (QED) is 0.147. The Morgan fingerprint density at radius 2 is 1.30 bits per heavy atom. The molecule has 0 fully saturated rings. The van der Waals surface area contributed by atoms with Gasteiger partial charge in [0.15, 0.2) is 0 Å². The fraction of sp³-hybridized carbons (Fsp3) is 0.889. The van der Waals surface area contributed by atoms with E-state index in [1.54, 1.807) is 12.2 Å². The van der Waals surface area contributed by atoms with Gasteiger partial charge >= 0.3 is 11.9 Å². The molecule has 0 saturated heterocycles. The topological polar surface area (TPSA) is 168 Å². The Balaban J connectivity index is 3.92. The number of hydrogen-bond acceptors (Lipinski definition) is 7. The van der Waals surface area contributed by atoms with Gasteiger partial charge in [0, 0.05) is 12.8 Å². The normalized spacial score (nSPS) is 13.4. The second-order valence-corrected chi connectivity index (χ2v) is 6.97. The summed E-state index contributed by atoms with van der Waals surface area (Å²) in [6, 6.07) is 0. The van der Waals surface area contributed by atoms with E-state index < -0.39 is 29.7 Å². The van der Waals surface area contributed by atoms with Crippen LogP contribution >= 0.6 is 0 Å². The molecular formula is C18H35NO8. The first-order chi connectivity index (χ1) is 12.5. The van der Waals surface area contributed by atoms with Crippen molar-refractivity contribution >= 4 is 11.9 Å². The standard InChI is InChI=1S/C18H35NO8/c1-2-11-14(20)17(24,25)18(26,27)19-15(21)12-9-7-5-3-4-6-8-10-13-16(22)23/h14,20,24-27H,2-13H2,1H3,(H,19,21)(H,22,23). The number of rotatable bonds is 16. The van der Waals surface area contributed by atoms with Crippen molar-refractivity contribution in [2.75, 3.05) is 0 Å². The Kier molecular flexibility index (Phi) is 12.4. The molecule has 0 rings (SSSR count). The van der Waals surface area contributed by atoms with Crippen LogP contribution in [0.15, 0.2) is 0 Å². The van der Waals surface area contributed by atoms with Gasteiger partial charge < -0.3 is 36.0 Å². The van der Waals surface area contributed by atoms with Crippen molar-refractivity contribution in [2.24, 2.45) is 0 Å². The van der Waals surface area contributed by atoms with Gasteiger partial charge in [0.25, 0.3) is 5.79 Å². The molecule has 0 aliphatic carbocycles. The molecule has 27 heavy (non-hydrogen) atoms. The Hall–Kier alpha value is -1.26. The molecular weight excluding hydrogens is 358 g/mol. The zero-order valence-electron chi connectivity index (χ0n) is 16.1. The Morgan fingerprint density at radius 3 is 1.74 bits per heavy atom. The number of carboxylic acid groups (broad SMARTS) is 1. The van der Waals surface area contributed by atoms with Gasteiger partial charge in [-0.05, 0) is 19.3 Å². The molecule has 1 atom stereocenters. The van der Waals surface area contributed by atoms with Gasteiger partial charge in [-0.1, -0.05) is 51.9 Å². The summed E-state index contributed by atoms with van der Waals surface area (Å²) >= 11 is 0. The van der Waals surface area contributed by atoms with Crippen molar-refractivity contribution in [1.29, 1.82) is 0 Å². The fourth-order valence-electron chi connectivity index (χ4n) is 2.68. The lowest BCUT2D eigenvalue weighted by Gasteiger charge is -2.38. The molecule has 0 spiro atoms. The molecule has 9 nitrogen and oxygen atoms in total. The number of hydrogen-bond donors (Lipinski definition) is 7. The average Bonchev–Trinajstić information content (AvgIpc) is 2.55. The minimum atomic E-state index is -3.35. The zero-order chi connectivity index (χ0) is 20.9. The van der Waals surface area contributed by atoms with Gasteiger partial charge in [-0.25, -0.2) is 0 Å². The van der Waals surface area contributed by atoms with Gasteiger partial charge in [0.2, 0.25) is 5.91 Å². The van der Waals surface area contributed by atoms with E-state index in [2.05, 4.69) is 0 Å². The third kappa shape index (κ3) is 10.6. The summed E-state index contributed by atoms with van der Waals surface area (Å²) < 4.78 is 0. The Labute approximate surface area is 160 Å². The molecule has 0 aliphatic rings. The van der Waals surface area contributed by atoms with E-state index >= 15 is 0 Å². The molecule has 160 valence electrons. The first-order valence-corrected chi connectivity index (χ1v) is 9.65. The number of carbonyl (C=O) groups is 2. The number of carbonyl (C=O) groups excluding carboxylic acids is 1. The van der Waals surface area contributed by atoms with Crippen LogP contribution in [0.2, 0.25) is 0 Å². The predicted octanol–water partition coefficient (Wildman–Crippen LogP) is 0.568. The highest BCUT2D eigenvalue weighted by Crippen LogP contribution is 2.22. The Morgan fingerprint density at radius 1 is 0.852 bits per heavy atom. The second kappa shape index (κ2) is 13.0. The van der Waals surface area contributed by atoms with Crippen LogP contribution in [0.4, 0.5) is 0 Å². The molecule has 0 aromatic rings. The SMILES string of the molecule is CCCC(O)C(O)(O)C(O)(O)NC(=O)CCCCCCCCCCC(=O)O. The number of aliphatic hydroxyl groups excluding tert-OH is 1. The maximum atomic E-state index is 11.8. The fourth-order valence-corrected chi connectivity index (χ4v) is 2.68. The molecule has 7 N–H and O–H groups in total. The van der Waals surface area contributed by atoms with E-state index in [0.29, 0.717) is 19.3 Å². The van der Waals surface area contributed by atoms with Crippen molar-refractivity contribution in [3.8, 4) is 0 Å². The lowest BCUT2D eigenvalue weighted by Crippen LogP contribution is -2.69. The van der Waals surface area contributed by atoms with Crippen LogP contribution in [0, 0.1) is 0 Å². The van der Waals surface area contributed by atoms with E-state index in [0.717, 1.165) is 38.5 Å². The van der Waals surface area contributed by atoms with Gasteiger partial charge in [-0.15, -0.1) is 0 Å². The largest absolute Gasteiger partial charge is 0.481 e.